The third-order valence-corrected chi connectivity index (χ3v) is 6.11. The van der Waals surface area contributed by atoms with Gasteiger partial charge in [-0.1, -0.05) is 31.0 Å². The molecule has 0 radical (unpaired) electrons. The summed E-state index contributed by atoms with van der Waals surface area (Å²) in [5, 5.41) is 11.7. The predicted octanol–water partition coefficient (Wildman–Crippen LogP) is 4.14. The number of hydrogen-bond donors (Lipinski definition) is 2. The van der Waals surface area contributed by atoms with Crippen molar-refractivity contribution in [1.29, 1.82) is 0 Å². The molecule has 1 aliphatic carbocycles. The summed E-state index contributed by atoms with van der Waals surface area (Å²) < 4.78 is 7.39. The summed E-state index contributed by atoms with van der Waals surface area (Å²) in [6.45, 7) is 9.45. The summed E-state index contributed by atoms with van der Waals surface area (Å²) >= 11 is 0. The molecule has 0 atom stereocenters. The molecule has 6 nitrogen and oxygen atoms in total. The monoisotopic (exact) mass is 411 g/mol. The quantitative estimate of drug-likeness (QED) is 0.481. The maximum atomic E-state index is 5.37. The standard InChI is InChI=1S/C24H37N5O/c1-5-25-23(27-18-24(14-15-30-4)12-8-9-13-24)26-17-21-10-6-7-11-22(21)29-20(3)16-19(2)28-29/h6-7,10-11,16H,5,8-9,12-15,17-18H2,1-4H3,(H2,25,26,27). The van der Waals surface area contributed by atoms with Gasteiger partial charge in [-0.2, -0.15) is 5.10 Å². The Bertz CT molecular complexity index is 836. The number of ether oxygens (including phenoxy) is 1. The second-order valence-corrected chi connectivity index (χ2v) is 8.47. The molecule has 1 heterocycles. The zero-order valence-corrected chi connectivity index (χ0v) is 19.0. The summed E-state index contributed by atoms with van der Waals surface area (Å²) in [7, 11) is 1.79. The highest BCUT2D eigenvalue weighted by Gasteiger charge is 2.33. The first kappa shape index (κ1) is 22.3. The van der Waals surface area contributed by atoms with Gasteiger partial charge in [0.15, 0.2) is 5.96 Å². The topological polar surface area (TPSA) is 63.5 Å². The Morgan fingerprint density at radius 1 is 1.20 bits per heavy atom. The summed E-state index contributed by atoms with van der Waals surface area (Å²) in [6.07, 6.45) is 6.27. The van der Waals surface area contributed by atoms with Gasteiger partial charge >= 0.3 is 0 Å². The van der Waals surface area contributed by atoms with E-state index in [0.29, 0.717) is 12.0 Å². The van der Waals surface area contributed by atoms with E-state index in [1.165, 1.54) is 25.7 Å². The summed E-state index contributed by atoms with van der Waals surface area (Å²) in [6, 6.07) is 10.5. The molecule has 0 unspecified atom stereocenters. The highest BCUT2D eigenvalue weighted by atomic mass is 16.5. The average molecular weight is 412 g/mol. The van der Waals surface area contributed by atoms with Crippen molar-refractivity contribution in [2.24, 2.45) is 10.4 Å². The second kappa shape index (κ2) is 10.6. The maximum Gasteiger partial charge on any atom is 0.191 e. The first-order chi connectivity index (χ1) is 14.6. The normalized spacial score (nSPS) is 16.1. The van der Waals surface area contributed by atoms with E-state index < -0.39 is 0 Å². The van der Waals surface area contributed by atoms with Gasteiger partial charge in [-0.3, -0.25) is 0 Å². The van der Waals surface area contributed by atoms with Crippen LogP contribution in [0.2, 0.25) is 0 Å². The lowest BCUT2D eigenvalue weighted by Crippen LogP contribution is -2.43. The first-order valence-electron chi connectivity index (χ1n) is 11.2. The molecule has 2 N–H and O–H groups in total. The molecule has 0 spiro atoms. The molecule has 1 aromatic carbocycles. The number of hydrogen-bond acceptors (Lipinski definition) is 3. The van der Waals surface area contributed by atoms with Crippen LogP contribution in [0.3, 0.4) is 0 Å². The molecule has 0 amide bonds. The zero-order chi connectivity index (χ0) is 21.4. The number of para-hydroxylation sites is 1. The third-order valence-electron chi connectivity index (χ3n) is 6.11. The van der Waals surface area contributed by atoms with Gasteiger partial charge in [0.1, 0.15) is 0 Å². The van der Waals surface area contributed by atoms with Crippen molar-refractivity contribution in [3.05, 3.63) is 47.3 Å². The van der Waals surface area contributed by atoms with Gasteiger partial charge in [-0.05, 0) is 63.1 Å². The summed E-state index contributed by atoms with van der Waals surface area (Å²) in [4.78, 5) is 4.90. The number of aromatic nitrogens is 2. The lowest BCUT2D eigenvalue weighted by atomic mass is 9.83. The lowest BCUT2D eigenvalue weighted by molar-refractivity contribution is 0.138. The van der Waals surface area contributed by atoms with Gasteiger partial charge in [-0.15, -0.1) is 0 Å². The Morgan fingerprint density at radius 2 is 1.97 bits per heavy atom. The van der Waals surface area contributed by atoms with E-state index in [2.05, 4.69) is 59.9 Å². The minimum atomic E-state index is 0.327. The molecule has 164 valence electrons. The summed E-state index contributed by atoms with van der Waals surface area (Å²) in [5.74, 6) is 0.879. The fourth-order valence-electron chi connectivity index (χ4n) is 4.46. The van der Waals surface area contributed by atoms with Gasteiger partial charge in [0.2, 0.25) is 0 Å². The Kier molecular flexibility index (Phi) is 7.91. The molecule has 1 aliphatic rings. The Labute approximate surface area is 181 Å². The van der Waals surface area contributed by atoms with Crippen LogP contribution in [-0.2, 0) is 11.3 Å². The van der Waals surface area contributed by atoms with Crippen molar-refractivity contribution in [1.82, 2.24) is 20.4 Å². The van der Waals surface area contributed by atoms with Gasteiger partial charge in [0.25, 0.3) is 0 Å². The number of guanidine groups is 1. The van der Waals surface area contributed by atoms with Crippen molar-refractivity contribution < 1.29 is 4.74 Å². The molecule has 0 aliphatic heterocycles. The molecule has 30 heavy (non-hydrogen) atoms. The van der Waals surface area contributed by atoms with Crippen LogP contribution in [0.15, 0.2) is 35.3 Å². The van der Waals surface area contributed by atoms with Crippen LogP contribution in [0, 0.1) is 19.3 Å². The molecule has 6 heteroatoms. The fourth-order valence-corrected chi connectivity index (χ4v) is 4.46. The molecule has 1 aromatic heterocycles. The number of benzene rings is 1. The maximum absolute atomic E-state index is 5.37. The lowest BCUT2D eigenvalue weighted by Gasteiger charge is -2.30. The smallest absolute Gasteiger partial charge is 0.191 e. The van der Waals surface area contributed by atoms with Crippen LogP contribution in [-0.4, -0.2) is 42.5 Å². The number of nitrogens with zero attached hydrogens (tertiary/aromatic N) is 3. The van der Waals surface area contributed by atoms with Gasteiger partial charge in [0.05, 0.1) is 17.9 Å². The van der Waals surface area contributed by atoms with Crippen LogP contribution in [0.4, 0.5) is 0 Å². The third kappa shape index (κ3) is 5.63. The van der Waals surface area contributed by atoms with E-state index in [1.54, 1.807) is 7.11 Å². The Balaban J connectivity index is 1.73. The molecular formula is C24H37N5O. The van der Waals surface area contributed by atoms with Crippen LogP contribution in [0.1, 0.15) is 56.0 Å². The van der Waals surface area contributed by atoms with Crippen LogP contribution in [0.5, 0.6) is 0 Å². The molecule has 1 fully saturated rings. The van der Waals surface area contributed by atoms with Crippen molar-refractivity contribution in [3.8, 4) is 5.69 Å². The van der Waals surface area contributed by atoms with E-state index in [4.69, 9.17) is 9.73 Å². The predicted molar refractivity (Wildman–Crippen MR) is 123 cm³/mol. The zero-order valence-electron chi connectivity index (χ0n) is 19.0. The van der Waals surface area contributed by atoms with Crippen LogP contribution < -0.4 is 10.6 Å². The Hall–Kier alpha value is -2.34. The number of nitrogens with one attached hydrogen (secondary N) is 2. The largest absolute Gasteiger partial charge is 0.385 e. The number of aliphatic imine (C=N–C) groups is 1. The van der Waals surface area contributed by atoms with E-state index in [-0.39, 0.29) is 0 Å². The highest BCUT2D eigenvalue weighted by molar-refractivity contribution is 5.79. The van der Waals surface area contributed by atoms with E-state index in [1.807, 2.05) is 11.6 Å². The number of aryl methyl sites for hydroxylation is 2. The fraction of sp³-hybridized carbons (Fsp3) is 0.583. The average Bonchev–Trinajstić information content (AvgIpc) is 3.35. The van der Waals surface area contributed by atoms with Gasteiger partial charge < -0.3 is 15.4 Å². The van der Waals surface area contributed by atoms with Crippen molar-refractivity contribution in [2.45, 2.75) is 59.4 Å². The molecular weight excluding hydrogens is 374 g/mol. The van der Waals surface area contributed by atoms with E-state index in [9.17, 15) is 0 Å². The number of methoxy groups -OCH3 is 1. The van der Waals surface area contributed by atoms with Crippen LogP contribution >= 0.6 is 0 Å². The van der Waals surface area contributed by atoms with Gasteiger partial charge in [0, 0.05) is 32.5 Å². The molecule has 1 saturated carbocycles. The van der Waals surface area contributed by atoms with Gasteiger partial charge in [-0.25, -0.2) is 9.67 Å². The SMILES string of the molecule is CCNC(=NCc1ccccc1-n1nc(C)cc1C)NCC1(CCOC)CCCC1. The summed E-state index contributed by atoms with van der Waals surface area (Å²) in [5.41, 5.74) is 4.74. The Morgan fingerprint density at radius 3 is 2.63 bits per heavy atom. The van der Waals surface area contributed by atoms with Crippen molar-refractivity contribution in [3.63, 3.8) is 0 Å². The van der Waals surface area contributed by atoms with E-state index in [0.717, 1.165) is 54.7 Å². The van der Waals surface area contributed by atoms with Crippen molar-refractivity contribution in [2.75, 3.05) is 26.8 Å². The molecule has 0 bridgehead atoms. The minimum Gasteiger partial charge on any atom is -0.385 e. The number of rotatable bonds is 9. The minimum absolute atomic E-state index is 0.327. The second-order valence-electron chi connectivity index (χ2n) is 8.47. The first-order valence-corrected chi connectivity index (χ1v) is 11.2. The van der Waals surface area contributed by atoms with Crippen LogP contribution in [0.25, 0.3) is 5.69 Å². The molecule has 2 aromatic rings. The van der Waals surface area contributed by atoms with Crippen molar-refractivity contribution >= 4 is 5.96 Å². The highest BCUT2D eigenvalue weighted by Crippen LogP contribution is 2.40. The molecule has 0 saturated heterocycles. The van der Waals surface area contributed by atoms with E-state index >= 15 is 0 Å². The molecule has 3 rings (SSSR count).